The molecule has 1 fully saturated rings. The summed E-state index contributed by atoms with van der Waals surface area (Å²) in [6.45, 7) is 9.31. The van der Waals surface area contributed by atoms with E-state index in [1.165, 1.54) is 36.1 Å². The second-order valence-corrected chi connectivity index (χ2v) is 6.94. The average Bonchev–Trinajstić information content (AvgIpc) is 3.08. The third kappa shape index (κ3) is 5.07. The van der Waals surface area contributed by atoms with E-state index in [4.69, 9.17) is 4.74 Å². The molecular formula is C22H30N2O. The Bertz CT molecular complexity index is 671. The van der Waals surface area contributed by atoms with Gasteiger partial charge in [-0.05, 0) is 44.5 Å². The first-order valence-corrected chi connectivity index (χ1v) is 9.47. The number of para-hydroxylation sites is 1. The second kappa shape index (κ2) is 9.02. The topological polar surface area (TPSA) is 24.5 Å². The highest BCUT2D eigenvalue weighted by molar-refractivity contribution is 5.33. The van der Waals surface area contributed by atoms with Crippen LogP contribution in [0, 0.1) is 6.92 Å². The lowest BCUT2D eigenvalue weighted by molar-refractivity contribution is 0.259. The molecule has 1 aliphatic heterocycles. The van der Waals surface area contributed by atoms with Crippen molar-refractivity contribution in [2.75, 3.05) is 19.6 Å². The van der Waals surface area contributed by atoms with E-state index in [0.29, 0.717) is 12.6 Å². The van der Waals surface area contributed by atoms with Crippen molar-refractivity contribution in [3.8, 4) is 5.75 Å². The highest BCUT2D eigenvalue weighted by Gasteiger charge is 2.22. The van der Waals surface area contributed by atoms with Gasteiger partial charge in [-0.2, -0.15) is 0 Å². The zero-order valence-electron chi connectivity index (χ0n) is 15.5. The van der Waals surface area contributed by atoms with Crippen molar-refractivity contribution in [2.24, 2.45) is 0 Å². The van der Waals surface area contributed by atoms with Gasteiger partial charge in [0.2, 0.25) is 0 Å². The minimum absolute atomic E-state index is 0.616. The molecule has 0 aliphatic carbocycles. The molecule has 0 saturated carbocycles. The van der Waals surface area contributed by atoms with E-state index >= 15 is 0 Å². The van der Waals surface area contributed by atoms with Gasteiger partial charge < -0.3 is 10.1 Å². The third-order valence-corrected chi connectivity index (χ3v) is 5.05. The number of benzene rings is 2. The van der Waals surface area contributed by atoms with Crippen LogP contribution in [0.4, 0.5) is 0 Å². The van der Waals surface area contributed by atoms with Gasteiger partial charge in [-0.15, -0.1) is 0 Å². The molecule has 1 heterocycles. The molecule has 3 rings (SSSR count). The Labute approximate surface area is 152 Å². The van der Waals surface area contributed by atoms with E-state index in [9.17, 15) is 0 Å². The first-order chi connectivity index (χ1) is 12.3. The van der Waals surface area contributed by atoms with E-state index in [1.807, 2.05) is 6.07 Å². The van der Waals surface area contributed by atoms with Gasteiger partial charge >= 0.3 is 0 Å². The van der Waals surface area contributed by atoms with Gasteiger partial charge in [-0.1, -0.05) is 55.0 Å². The highest BCUT2D eigenvalue weighted by atomic mass is 16.5. The van der Waals surface area contributed by atoms with Crippen LogP contribution in [-0.2, 0) is 13.2 Å². The maximum absolute atomic E-state index is 6.09. The van der Waals surface area contributed by atoms with Crippen molar-refractivity contribution in [3.63, 3.8) is 0 Å². The van der Waals surface area contributed by atoms with E-state index < -0.39 is 0 Å². The van der Waals surface area contributed by atoms with Crippen LogP contribution in [0.25, 0.3) is 0 Å². The van der Waals surface area contributed by atoms with Gasteiger partial charge in [0, 0.05) is 24.7 Å². The molecule has 134 valence electrons. The van der Waals surface area contributed by atoms with E-state index in [1.54, 1.807) is 0 Å². The number of likely N-dealkylation sites (tertiary alicyclic amines) is 1. The summed E-state index contributed by atoms with van der Waals surface area (Å²) in [5.74, 6) is 0.982. The van der Waals surface area contributed by atoms with Gasteiger partial charge in [0.25, 0.3) is 0 Å². The first kappa shape index (κ1) is 18.0. The van der Waals surface area contributed by atoms with Crippen LogP contribution in [0.15, 0.2) is 48.5 Å². The molecule has 1 saturated heterocycles. The quantitative estimate of drug-likeness (QED) is 0.782. The van der Waals surface area contributed by atoms with Crippen LogP contribution in [0.2, 0.25) is 0 Å². The Morgan fingerprint density at radius 1 is 1.16 bits per heavy atom. The number of likely N-dealkylation sites (N-methyl/N-ethyl adjacent to an activating group) is 1. The molecule has 3 nitrogen and oxygen atoms in total. The van der Waals surface area contributed by atoms with Crippen LogP contribution < -0.4 is 10.1 Å². The van der Waals surface area contributed by atoms with Crippen molar-refractivity contribution < 1.29 is 4.74 Å². The SMILES string of the molecule is CCN1CCC[C@@H]1CNCc1ccccc1OCc1cccc(C)c1. The molecule has 2 aromatic carbocycles. The van der Waals surface area contributed by atoms with Gasteiger partial charge in [0.1, 0.15) is 12.4 Å². The van der Waals surface area contributed by atoms with Crippen molar-refractivity contribution >= 4 is 0 Å². The molecule has 0 spiro atoms. The number of nitrogens with zero attached hydrogens (tertiary/aromatic N) is 1. The molecular weight excluding hydrogens is 308 g/mol. The molecule has 0 unspecified atom stereocenters. The summed E-state index contributed by atoms with van der Waals surface area (Å²) in [5, 5.41) is 3.63. The highest BCUT2D eigenvalue weighted by Crippen LogP contribution is 2.20. The second-order valence-electron chi connectivity index (χ2n) is 6.94. The van der Waals surface area contributed by atoms with Crippen LogP contribution in [0.3, 0.4) is 0 Å². The zero-order chi connectivity index (χ0) is 17.5. The van der Waals surface area contributed by atoms with E-state index in [0.717, 1.165) is 25.4 Å². The molecule has 1 N–H and O–H groups in total. The number of rotatable bonds is 8. The molecule has 1 atom stereocenters. The molecule has 0 amide bonds. The lowest BCUT2D eigenvalue weighted by Gasteiger charge is -2.23. The van der Waals surface area contributed by atoms with Crippen LogP contribution >= 0.6 is 0 Å². The number of hydrogen-bond donors (Lipinski definition) is 1. The smallest absolute Gasteiger partial charge is 0.124 e. The fourth-order valence-electron chi connectivity index (χ4n) is 3.67. The summed E-state index contributed by atoms with van der Waals surface area (Å²) < 4.78 is 6.09. The Kier molecular flexibility index (Phi) is 6.48. The van der Waals surface area contributed by atoms with Crippen LogP contribution in [0.5, 0.6) is 5.75 Å². The maximum Gasteiger partial charge on any atom is 0.124 e. The molecule has 0 radical (unpaired) electrons. The summed E-state index contributed by atoms with van der Waals surface area (Å²) in [6.07, 6.45) is 2.64. The van der Waals surface area contributed by atoms with Gasteiger partial charge in [0.05, 0.1) is 0 Å². The lowest BCUT2D eigenvalue weighted by Crippen LogP contribution is -2.37. The summed E-state index contributed by atoms with van der Waals surface area (Å²) in [6, 6.07) is 17.5. The average molecular weight is 338 g/mol. The Morgan fingerprint density at radius 3 is 2.88 bits per heavy atom. The standard InChI is InChI=1S/C22H30N2O/c1-3-24-13-7-11-21(24)16-23-15-20-10-4-5-12-22(20)25-17-19-9-6-8-18(2)14-19/h4-6,8-10,12,14,21,23H,3,7,11,13,15-17H2,1-2H3/t21-/m1/s1. The molecule has 2 aromatic rings. The summed E-state index contributed by atoms with van der Waals surface area (Å²) in [7, 11) is 0. The minimum Gasteiger partial charge on any atom is -0.489 e. The number of ether oxygens (including phenoxy) is 1. The number of aryl methyl sites for hydroxylation is 1. The fourth-order valence-corrected chi connectivity index (χ4v) is 3.67. The predicted octanol–water partition coefficient (Wildman–Crippen LogP) is 4.15. The Morgan fingerprint density at radius 2 is 2.04 bits per heavy atom. The fraction of sp³-hybridized carbons (Fsp3) is 0.455. The lowest BCUT2D eigenvalue weighted by atomic mass is 10.1. The summed E-state index contributed by atoms with van der Waals surface area (Å²) in [5.41, 5.74) is 3.72. The zero-order valence-corrected chi connectivity index (χ0v) is 15.5. The van der Waals surface area contributed by atoms with E-state index in [-0.39, 0.29) is 0 Å². The molecule has 25 heavy (non-hydrogen) atoms. The van der Waals surface area contributed by atoms with Gasteiger partial charge in [-0.25, -0.2) is 0 Å². The molecule has 0 aromatic heterocycles. The maximum atomic E-state index is 6.09. The monoisotopic (exact) mass is 338 g/mol. The number of nitrogens with one attached hydrogen (secondary N) is 1. The summed E-state index contributed by atoms with van der Waals surface area (Å²) >= 11 is 0. The Balaban J connectivity index is 1.53. The van der Waals surface area contributed by atoms with E-state index in [2.05, 4.69) is 66.5 Å². The van der Waals surface area contributed by atoms with Crippen molar-refractivity contribution in [3.05, 3.63) is 65.2 Å². The first-order valence-electron chi connectivity index (χ1n) is 9.47. The van der Waals surface area contributed by atoms with Crippen molar-refractivity contribution in [1.82, 2.24) is 10.2 Å². The molecule has 3 heteroatoms. The largest absolute Gasteiger partial charge is 0.489 e. The van der Waals surface area contributed by atoms with Crippen molar-refractivity contribution in [2.45, 2.75) is 45.9 Å². The third-order valence-electron chi connectivity index (χ3n) is 5.05. The van der Waals surface area contributed by atoms with Gasteiger partial charge in [-0.3, -0.25) is 4.90 Å². The van der Waals surface area contributed by atoms with Crippen molar-refractivity contribution in [1.29, 1.82) is 0 Å². The van der Waals surface area contributed by atoms with Crippen LogP contribution in [0.1, 0.15) is 36.5 Å². The normalized spacial score (nSPS) is 17.8. The Hall–Kier alpha value is -1.84. The molecule has 0 bridgehead atoms. The molecule has 1 aliphatic rings. The summed E-state index contributed by atoms with van der Waals surface area (Å²) in [4.78, 5) is 2.58. The minimum atomic E-state index is 0.616. The van der Waals surface area contributed by atoms with Gasteiger partial charge in [0.15, 0.2) is 0 Å². The van der Waals surface area contributed by atoms with Crippen LogP contribution in [-0.4, -0.2) is 30.6 Å². The predicted molar refractivity (Wildman–Crippen MR) is 104 cm³/mol. The number of hydrogen-bond acceptors (Lipinski definition) is 3.